The van der Waals surface area contributed by atoms with Crippen LogP contribution < -0.4 is 5.73 Å². The summed E-state index contributed by atoms with van der Waals surface area (Å²) < 4.78 is 2.26. The molecule has 0 bridgehead atoms. The van der Waals surface area contributed by atoms with Crippen molar-refractivity contribution < 1.29 is 0 Å². The fourth-order valence-corrected chi connectivity index (χ4v) is 3.64. The van der Waals surface area contributed by atoms with E-state index in [-0.39, 0.29) is 6.04 Å². The number of hydrogen-bond acceptors (Lipinski definition) is 3. The van der Waals surface area contributed by atoms with Gasteiger partial charge in [0.25, 0.3) is 0 Å². The zero-order valence-corrected chi connectivity index (χ0v) is 11.0. The quantitative estimate of drug-likeness (QED) is 0.921. The Bertz CT molecular complexity index is 503. The molecular formula is C14H17N3S. The minimum Gasteiger partial charge on any atom is -0.329 e. The minimum absolute atomic E-state index is 0.0840. The third kappa shape index (κ3) is 2.18. The van der Waals surface area contributed by atoms with Crippen LogP contribution in [0.15, 0.2) is 42.9 Å². The molecule has 1 aliphatic heterocycles. The SMILES string of the molecule is NC(c1ccccc1)c1cncn1C1CCSC1. The summed E-state index contributed by atoms with van der Waals surface area (Å²) >= 11 is 2.01. The first kappa shape index (κ1) is 11.8. The van der Waals surface area contributed by atoms with Gasteiger partial charge in [0.2, 0.25) is 0 Å². The summed E-state index contributed by atoms with van der Waals surface area (Å²) in [6, 6.07) is 10.7. The zero-order chi connectivity index (χ0) is 12.4. The Labute approximate surface area is 111 Å². The van der Waals surface area contributed by atoms with Crippen LogP contribution >= 0.6 is 11.8 Å². The standard InChI is InChI=1S/C14H17N3S/c15-14(11-4-2-1-3-5-11)13-8-16-10-17(13)12-6-7-18-9-12/h1-5,8,10,12,14H,6-7,9,15H2. The Balaban J connectivity index is 1.90. The third-order valence-corrected chi connectivity index (χ3v) is 4.62. The molecule has 0 saturated carbocycles. The lowest BCUT2D eigenvalue weighted by atomic mass is 10.0. The van der Waals surface area contributed by atoms with Gasteiger partial charge < -0.3 is 10.3 Å². The largest absolute Gasteiger partial charge is 0.329 e. The van der Waals surface area contributed by atoms with Crippen LogP contribution in [-0.2, 0) is 0 Å². The topological polar surface area (TPSA) is 43.8 Å². The monoisotopic (exact) mass is 259 g/mol. The number of thioether (sulfide) groups is 1. The first-order chi connectivity index (χ1) is 8.86. The molecule has 1 saturated heterocycles. The van der Waals surface area contributed by atoms with Crippen molar-refractivity contribution in [2.24, 2.45) is 5.73 Å². The molecule has 0 spiro atoms. The fourth-order valence-electron chi connectivity index (χ4n) is 2.43. The molecule has 1 aromatic heterocycles. The number of imidazole rings is 1. The first-order valence-electron chi connectivity index (χ1n) is 6.26. The zero-order valence-electron chi connectivity index (χ0n) is 10.2. The number of hydrogen-bond donors (Lipinski definition) is 1. The van der Waals surface area contributed by atoms with Gasteiger partial charge in [-0.3, -0.25) is 0 Å². The molecule has 2 N–H and O–H groups in total. The Morgan fingerprint density at radius 2 is 2.17 bits per heavy atom. The molecule has 1 aliphatic rings. The van der Waals surface area contributed by atoms with E-state index in [1.807, 2.05) is 42.5 Å². The van der Waals surface area contributed by atoms with Gasteiger partial charge in [-0.1, -0.05) is 30.3 Å². The van der Waals surface area contributed by atoms with E-state index >= 15 is 0 Å². The van der Waals surface area contributed by atoms with Crippen LogP contribution in [0.5, 0.6) is 0 Å². The Kier molecular flexibility index (Phi) is 3.39. The molecule has 0 radical (unpaired) electrons. The van der Waals surface area contributed by atoms with E-state index in [9.17, 15) is 0 Å². The highest BCUT2D eigenvalue weighted by Gasteiger charge is 2.22. The maximum atomic E-state index is 6.36. The van der Waals surface area contributed by atoms with E-state index in [1.54, 1.807) is 0 Å². The highest BCUT2D eigenvalue weighted by Crippen LogP contribution is 2.31. The molecule has 3 rings (SSSR count). The lowest BCUT2D eigenvalue weighted by molar-refractivity contribution is 0.528. The van der Waals surface area contributed by atoms with Crippen LogP contribution in [0.3, 0.4) is 0 Å². The third-order valence-electron chi connectivity index (χ3n) is 3.47. The molecule has 4 heteroatoms. The molecule has 18 heavy (non-hydrogen) atoms. The average molecular weight is 259 g/mol. The van der Waals surface area contributed by atoms with Gasteiger partial charge in [-0.25, -0.2) is 4.98 Å². The predicted octanol–water partition coefficient (Wildman–Crippen LogP) is 2.61. The van der Waals surface area contributed by atoms with Crippen molar-refractivity contribution in [1.29, 1.82) is 0 Å². The summed E-state index contributed by atoms with van der Waals surface area (Å²) in [6.45, 7) is 0. The Morgan fingerprint density at radius 1 is 1.33 bits per heavy atom. The summed E-state index contributed by atoms with van der Waals surface area (Å²) in [5.74, 6) is 2.41. The fraction of sp³-hybridized carbons (Fsp3) is 0.357. The molecule has 94 valence electrons. The number of aromatic nitrogens is 2. The van der Waals surface area contributed by atoms with Crippen LogP contribution in [-0.4, -0.2) is 21.1 Å². The molecule has 0 aliphatic carbocycles. The Hall–Kier alpha value is -1.26. The molecule has 1 aromatic carbocycles. The lowest BCUT2D eigenvalue weighted by Crippen LogP contribution is -2.19. The molecule has 3 nitrogen and oxygen atoms in total. The van der Waals surface area contributed by atoms with Gasteiger partial charge in [-0.05, 0) is 17.7 Å². The van der Waals surface area contributed by atoms with Crippen molar-refractivity contribution in [2.45, 2.75) is 18.5 Å². The highest BCUT2D eigenvalue weighted by atomic mass is 32.2. The maximum Gasteiger partial charge on any atom is 0.0951 e. The maximum absolute atomic E-state index is 6.36. The average Bonchev–Trinajstić information content (AvgIpc) is 3.09. The van der Waals surface area contributed by atoms with Crippen molar-refractivity contribution >= 4 is 11.8 Å². The minimum atomic E-state index is -0.0840. The van der Waals surface area contributed by atoms with E-state index in [4.69, 9.17) is 5.73 Å². The van der Waals surface area contributed by atoms with Crippen molar-refractivity contribution in [1.82, 2.24) is 9.55 Å². The number of rotatable bonds is 3. The van der Waals surface area contributed by atoms with Crippen LogP contribution in [0.4, 0.5) is 0 Å². The summed E-state index contributed by atoms with van der Waals surface area (Å²) in [4.78, 5) is 4.29. The number of nitrogens with zero attached hydrogens (tertiary/aromatic N) is 2. The smallest absolute Gasteiger partial charge is 0.0951 e. The second kappa shape index (κ2) is 5.16. The molecule has 1 fully saturated rings. The Morgan fingerprint density at radius 3 is 2.89 bits per heavy atom. The van der Waals surface area contributed by atoms with Crippen LogP contribution in [0.25, 0.3) is 0 Å². The van der Waals surface area contributed by atoms with E-state index in [2.05, 4.69) is 21.7 Å². The van der Waals surface area contributed by atoms with Gasteiger partial charge in [-0.2, -0.15) is 11.8 Å². The molecule has 2 atom stereocenters. The first-order valence-corrected chi connectivity index (χ1v) is 7.41. The van der Waals surface area contributed by atoms with Crippen LogP contribution in [0.1, 0.15) is 29.8 Å². The lowest BCUT2D eigenvalue weighted by Gasteiger charge is -2.19. The van der Waals surface area contributed by atoms with Crippen molar-refractivity contribution in [3.8, 4) is 0 Å². The molecule has 2 unspecified atom stereocenters. The summed E-state index contributed by atoms with van der Waals surface area (Å²) in [6.07, 6.45) is 5.05. The van der Waals surface area contributed by atoms with E-state index in [0.717, 1.165) is 11.3 Å². The molecular weight excluding hydrogens is 242 g/mol. The normalized spacial score (nSPS) is 21.1. The predicted molar refractivity (Wildman–Crippen MR) is 75.7 cm³/mol. The second-order valence-corrected chi connectivity index (χ2v) is 5.78. The van der Waals surface area contributed by atoms with E-state index in [0.29, 0.717) is 6.04 Å². The van der Waals surface area contributed by atoms with Gasteiger partial charge in [0.1, 0.15) is 0 Å². The summed E-state index contributed by atoms with van der Waals surface area (Å²) in [5, 5.41) is 0. The molecule has 0 amide bonds. The van der Waals surface area contributed by atoms with Gasteiger partial charge in [0.05, 0.1) is 24.3 Å². The van der Waals surface area contributed by atoms with E-state index in [1.165, 1.54) is 17.9 Å². The van der Waals surface area contributed by atoms with Crippen molar-refractivity contribution in [3.05, 3.63) is 54.1 Å². The van der Waals surface area contributed by atoms with Gasteiger partial charge in [0, 0.05) is 11.8 Å². The highest BCUT2D eigenvalue weighted by molar-refractivity contribution is 7.99. The summed E-state index contributed by atoms with van der Waals surface area (Å²) in [7, 11) is 0. The van der Waals surface area contributed by atoms with Crippen LogP contribution in [0.2, 0.25) is 0 Å². The number of nitrogens with two attached hydrogens (primary N) is 1. The van der Waals surface area contributed by atoms with E-state index < -0.39 is 0 Å². The van der Waals surface area contributed by atoms with Gasteiger partial charge in [-0.15, -0.1) is 0 Å². The van der Waals surface area contributed by atoms with Crippen LogP contribution in [0, 0.1) is 0 Å². The molecule has 2 heterocycles. The van der Waals surface area contributed by atoms with Crippen molar-refractivity contribution in [2.75, 3.05) is 11.5 Å². The van der Waals surface area contributed by atoms with Crippen molar-refractivity contribution in [3.63, 3.8) is 0 Å². The van der Waals surface area contributed by atoms with Gasteiger partial charge >= 0.3 is 0 Å². The summed E-state index contributed by atoms with van der Waals surface area (Å²) in [5.41, 5.74) is 8.62. The number of benzene rings is 1. The van der Waals surface area contributed by atoms with Gasteiger partial charge in [0.15, 0.2) is 0 Å². The second-order valence-electron chi connectivity index (χ2n) is 4.63. The molecule has 2 aromatic rings.